The van der Waals surface area contributed by atoms with Gasteiger partial charge < -0.3 is 24.8 Å². The van der Waals surface area contributed by atoms with E-state index < -0.39 is 0 Å². The van der Waals surface area contributed by atoms with E-state index in [0.29, 0.717) is 13.2 Å². The molecule has 1 unspecified atom stereocenters. The lowest BCUT2D eigenvalue weighted by atomic mass is 9.99. The van der Waals surface area contributed by atoms with Crippen LogP contribution in [0.3, 0.4) is 0 Å². The fourth-order valence-electron chi connectivity index (χ4n) is 5.75. The minimum absolute atomic E-state index is 0.0235. The molecule has 3 aromatic rings. The van der Waals surface area contributed by atoms with E-state index in [1.807, 2.05) is 46.0 Å². The van der Waals surface area contributed by atoms with Crippen molar-refractivity contribution in [1.29, 1.82) is 0 Å². The van der Waals surface area contributed by atoms with Gasteiger partial charge in [0.2, 0.25) is 5.91 Å². The third-order valence-corrected chi connectivity index (χ3v) is 7.36. The van der Waals surface area contributed by atoms with Gasteiger partial charge in [0.25, 0.3) is 0 Å². The van der Waals surface area contributed by atoms with Crippen LogP contribution < -0.4 is 20.3 Å². The van der Waals surface area contributed by atoms with Crippen LogP contribution in [0.25, 0.3) is 11.1 Å². The van der Waals surface area contributed by atoms with Crippen LogP contribution in [0, 0.1) is 19.8 Å². The molecule has 9 nitrogen and oxygen atoms in total. The molecule has 1 aromatic carbocycles. The summed E-state index contributed by atoms with van der Waals surface area (Å²) in [4.78, 5) is 22.2. The Morgan fingerprint density at radius 1 is 1.22 bits per heavy atom. The summed E-state index contributed by atoms with van der Waals surface area (Å²) < 4.78 is 12.0. The van der Waals surface area contributed by atoms with E-state index in [0.717, 1.165) is 58.4 Å². The summed E-state index contributed by atoms with van der Waals surface area (Å²) in [6, 6.07) is 10.3. The van der Waals surface area contributed by atoms with Crippen LogP contribution in [0.1, 0.15) is 43.5 Å². The number of likely N-dealkylation sites (tertiary alicyclic amines) is 1. The van der Waals surface area contributed by atoms with E-state index in [1.165, 1.54) is 0 Å². The topological polar surface area (TPSA) is 95.8 Å². The van der Waals surface area contributed by atoms with Crippen molar-refractivity contribution >= 4 is 17.3 Å². The summed E-state index contributed by atoms with van der Waals surface area (Å²) in [6.45, 7) is 9.89. The molecular formula is C27H32N6O3. The van der Waals surface area contributed by atoms with Gasteiger partial charge in [-0.1, -0.05) is 11.2 Å². The maximum absolute atomic E-state index is 12.8. The second-order valence-electron chi connectivity index (χ2n) is 10.2. The number of rotatable bonds is 5. The molecule has 2 N–H and O–H groups in total. The molecule has 1 fully saturated rings. The van der Waals surface area contributed by atoms with Crippen molar-refractivity contribution < 1.29 is 14.1 Å². The highest BCUT2D eigenvalue weighted by atomic mass is 16.5. The number of aromatic nitrogens is 2. The van der Waals surface area contributed by atoms with E-state index in [9.17, 15) is 4.79 Å². The molecule has 5 heterocycles. The number of nitrogens with one attached hydrogen (secondary N) is 2. The van der Waals surface area contributed by atoms with Gasteiger partial charge in [-0.15, -0.1) is 0 Å². The molecule has 0 bridgehead atoms. The molecule has 0 radical (unpaired) electrons. The van der Waals surface area contributed by atoms with E-state index >= 15 is 0 Å². The third-order valence-electron chi connectivity index (χ3n) is 7.36. The lowest BCUT2D eigenvalue weighted by molar-refractivity contribution is -0.125. The summed E-state index contributed by atoms with van der Waals surface area (Å²) in [6.07, 6.45) is 2.56. The van der Waals surface area contributed by atoms with E-state index in [1.54, 1.807) is 0 Å². The molecule has 3 aliphatic rings. The monoisotopic (exact) mass is 488 g/mol. The zero-order valence-electron chi connectivity index (χ0n) is 21.1. The number of anilines is 2. The molecule has 0 spiro atoms. The second kappa shape index (κ2) is 8.81. The first-order valence-corrected chi connectivity index (χ1v) is 12.7. The molecule has 6 rings (SSSR count). The maximum Gasteiger partial charge on any atom is 0.224 e. The number of aryl methyl sites for hydroxylation is 2. The Balaban J connectivity index is 1.40. The first-order chi connectivity index (χ1) is 17.4. The Bertz CT molecular complexity index is 1270. The van der Waals surface area contributed by atoms with Gasteiger partial charge in [-0.2, -0.15) is 0 Å². The predicted molar refractivity (Wildman–Crippen MR) is 137 cm³/mol. The van der Waals surface area contributed by atoms with Gasteiger partial charge in [0.1, 0.15) is 24.1 Å². The molecule has 3 atom stereocenters. The van der Waals surface area contributed by atoms with Crippen LogP contribution in [-0.4, -0.2) is 53.0 Å². The van der Waals surface area contributed by atoms with Crippen molar-refractivity contribution in [3.05, 3.63) is 53.7 Å². The van der Waals surface area contributed by atoms with Gasteiger partial charge >= 0.3 is 0 Å². The van der Waals surface area contributed by atoms with Gasteiger partial charge in [-0.3, -0.25) is 14.7 Å². The molecule has 0 saturated carbocycles. The molecule has 2 aromatic heterocycles. The normalized spacial score (nSPS) is 22.9. The number of ether oxygens (including phenoxy) is 1. The van der Waals surface area contributed by atoms with E-state index in [2.05, 4.69) is 48.8 Å². The summed E-state index contributed by atoms with van der Waals surface area (Å²) in [7, 11) is 0. The minimum Gasteiger partial charge on any atom is -0.488 e. The van der Waals surface area contributed by atoms with Crippen molar-refractivity contribution in [3.63, 3.8) is 0 Å². The van der Waals surface area contributed by atoms with Crippen LogP contribution in [0.4, 0.5) is 11.4 Å². The Morgan fingerprint density at radius 3 is 2.81 bits per heavy atom. The fraction of sp³-hybridized carbons (Fsp3) is 0.444. The molecule has 0 aliphatic carbocycles. The number of hydrogen-bond donors (Lipinski definition) is 2. The molecule has 9 heteroatoms. The van der Waals surface area contributed by atoms with Gasteiger partial charge in [-0.25, -0.2) is 0 Å². The summed E-state index contributed by atoms with van der Waals surface area (Å²) in [5.74, 6) is 1.71. The number of carbonyl (C=O) groups is 1. The minimum atomic E-state index is -0.105. The SMILES string of the molecule is Cc1noc(C)c1-c1ccc2c3c1OC[C@H](c1ccccn1)N3C(N1CC[C@@H](C(=O)NC(C)C)C1)N2. The van der Waals surface area contributed by atoms with Gasteiger partial charge in [0.15, 0.2) is 12.0 Å². The molecule has 1 saturated heterocycles. The van der Waals surface area contributed by atoms with Crippen LogP contribution >= 0.6 is 0 Å². The first kappa shape index (κ1) is 22.8. The van der Waals surface area contributed by atoms with Gasteiger partial charge in [0, 0.05) is 30.9 Å². The quantitative estimate of drug-likeness (QED) is 0.559. The Morgan fingerprint density at radius 2 is 2.08 bits per heavy atom. The lowest BCUT2D eigenvalue weighted by Gasteiger charge is -2.41. The van der Waals surface area contributed by atoms with Crippen molar-refractivity contribution in [2.75, 3.05) is 29.9 Å². The number of amides is 1. The highest BCUT2D eigenvalue weighted by molar-refractivity contribution is 5.92. The molecule has 1 amide bonds. The standard InChI is InChI=1S/C27H32N6O3/c1-15(2)29-26(34)18-10-12-32(13-18)27-30-21-9-8-19(23-16(3)31-36-17(23)4)25-24(21)33(27)22(14-35-25)20-7-5-6-11-28-20/h5-9,11,15,18,22,27,30H,10,12-14H2,1-4H3,(H,29,34)/t18-,22-,27?/m1/s1. The van der Waals surface area contributed by atoms with E-state index in [-0.39, 0.29) is 30.2 Å². The predicted octanol–water partition coefficient (Wildman–Crippen LogP) is 3.85. The van der Waals surface area contributed by atoms with Crippen molar-refractivity contribution in [2.45, 2.75) is 52.5 Å². The van der Waals surface area contributed by atoms with Crippen LogP contribution in [0.5, 0.6) is 5.75 Å². The highest BCUT2D eigenvalue weighted by Crippen LogP contribution is 2.54. The average Bonchev–Trinajstić information content (AvgIpc) is 3.58. The van der Waals surface area contributed by atoms with Crippen LogP contribution in [0.15, 0.2) is 41.1 Å². The van der Waals surface area contributed by atoms with Crippen LogP contribution in [0.2, 0.25) is 0 Å². The molecule has 188 valence electrons. The zero-order chi connectivity index (χ0) is 25.0. The second-order valence-corrected chi connectivity index (χ2v) is 10.2. The van der Waals surface area contributed by atoms with Crippen molar-refractivity contribution in [3.8, 4) is 16.9 Å². The third kappa shape index (κ3) is 3.69. The number of nitrogens with zero attached hydrogens (tertiary/aromatic N) is 4. The lowest BCUT2D eigenvalue weighted by Crippen LogP contribution is -2.53. The smallest absolute Gasteiger partial charge is 0.224 e. The van der Waals surface area contributed by atoms with Gasteiger partial charge in [0.05, 0.1) is 28.6 Å². The van der Waals surface area contributed by atoms with E-state index in [4.69, 9.17) is 9.26 Å². The average molecular weight is 489 g/mol. The maximum atomic E-state index is 12.8. The number of benzene rings is 1. The zero-order valence-corrected chi connectivity index (χ0v) is 21.1. The first-order valence-electron chi connectivity index (χ1n) is 12.7. The fourth-order valence-corrected chi connectivity index (χ4v) is 5.75. The summed E-state index contributed by atoms with van der Waals surface area (Å²) in [5.41, 5.74) is 5.79. The Kier molecular flexibility index (Phi) is 5.59. The number of pyridine rings is 1. The largest absolute Gasteiger partial charge is 0.488 e. The van der Waals surface area contributed by atoms with Crippen LogP contribution in [-0.2, 0) is 4.79 Å². The molecule has 3 aliphatic heterocycles. The molecule has 36 heavy (non-hydrogen) atoms. The van der Waals surface area contributed by atoms with Crippen molar-refractivity contribution in [2.24, 2.45) is 5.92 Å². The summed E-state index contributed by atoms with van der Waals surface area (Å²) in [5, 5.41) is 11.0. The van der Waals surface area contributed by atoms with Crippen molar-refractivity contribution in [1.82, 2.24) is 20.4 Å². The Hall–Kier alpha value is -3.59. The number of hydrogen-bond acceptors (Lipinski definition) is 8. The summed E-state index contributed by atoms with van der Waals surface area (Å²) >= 11 is 0. The Labute approximate surface area is 210 Å². The number of carbonyl (C=O) groups excluding carboxylic acids is 1. The van der Waals surface area contributed by atoms with Gasteiger partial charge in [-0.05, 0) is 58.4 Å². The highest BCUT2D eigenvalue weighted by Gasteiger charge is 2.46. The molecular weight excluding hydrogens is 456 g/mol.